The van der Waals surface area contributed by atoms with E-state index in [0.717, 1.165) is 25.5 Å². The van der Waals surface area contributed by atoms with E-state index in [1.165, 1.54) is 10.9 Å². The van der Waals surface area contributed by atoms with Crippen molar-refractivity contribution in [2.45, 2.75) is 13.0 Å². The van der Waals surface area contributed by atoms with Gasteiger partial charge in [0.1, 0.15) is 0 Å². The number of hydrogen-bond acceptors (Lipinski definition) is 1. The molecule has 2 N–H and O–H groups in total. The Bertz CT molecular complexity index is 533. The van der Waals surface area contributed by atoms with Crippen LogP contribution in [0.3, 0.4) is 0 Å². The second kappa shape index (κ2) is 8.04. The smallest absolute Gasteiger partial charge is 0.190 e. The molecule has 1 aromatic carbocycles. The molecule has 0 unspecified atom stereocenters. The molecule has 1 aromatic heterocycles. The third-order valence-corrected chi connectivity index (χ3v) is 3.01. The number of benzene rings is 1. The molecular weight excluding hydrogens is 351 g/mol. The van der Waals surface area contributed by atoms with Crippen LogP contribution in [0.1, 0.15) is 6.42 Å². The minimum atomic E-state index is 0. The van der Waals surface area contributed by atoms with Crippen LogP contribution in [0.15, 0.2) is 41.5 Å². The van der Waals surface area contributed by atoms with Gasteiger partial charge in [-0.2, -0.15) is 0 Å². The summed E-state index contributed by atoms with van der Waals surface area (Å²) in [6.07, 6.45) is 3.22. The van der Waals surface area contributed by atoms with Crippen LogP contribution < -0.4 is 10.6 Å². The maximum absolute atomic E-state index is 4.08. The fraction of sp³-hybridized carbons (Fsp3) is 0.357. The summed E-state index contributed by atoms with van der Waals surface area (Å²) >= 11 is 0. The van der Waals surface area contributed by atoms with Crippen LogP contribution in [0.4, 0.5) is 0 Å². The van der Waals surface area contributed by atoms with Crippen molar-refractivity contribution >= 4 is 40.8 Å². The second-order valence-electron chi connectivity index (χ2n) is 4.17. The summed E-state index contributed by atoms with van der Waals surface area (Å²) in [7, 11) is 3.65. The molecule has 2 rings (SSSR count). The zero-order valence-electron chi connectivity index (χ0n) is 11.4. The van der Waals surface area contributed by atoms with Gasteiger partial charge in [0.05, 0.1) is 0 Å². The second-order valence-corrected chi connectivity index (χ2v) is 4.17. The maximum Gasteiger partial charge on any atom is 0.190 e. The molecule has 0 saturated carbocycles. The molecule has 0 fully saturated rings. The molecule has 0 aliphatic heterocycles. The van der Waals surface area contributed by atoms with Gasteiger partial charge < -0.3 is 15.2 Å². The largest absolute Gasteiger partial charge is 0.359 e. The first-order valence-electron chi connectivity index (χ1n) is 6.27. The van der Waals surface area contributed by atoms with Gasteiger partial charge in [0.25, 0.3) is 0 Å². The van der Waals surface area contributed by atoms with Crippen molar-refractivity contribution < 1.29 is 0 Å². The zero-order chi connectivity index (χ0) is 12.8. The molecular formula is C14H21IN4. The van der Waals surface area contributed by atoms with Crippen molar-refractivity contribution in [3.05, 3.63) is 36.5 Å². The van der Waals surface area contributed by atoms with E-state index in [-0.39, 0.29) is 24.0 Å². The SMILES string of the molecule is CN=C(NC)NCCCn1ccc2ccccc21.I. The van der Waals surface area contributed by atoms with E-state index in [9.17, 15) is 0 Å². The third kappa shape index (κ3) is 4.12. The van der Waals surface area contributed by atoms with Gasteiger partial charge in [-0.3, -0.25) is 4.99 Å². The number of aromatic nitrogens is 1. The van der Waals surface area contributed by atoms with Crippen LogP contribution in [0, 0.1) is 0 Å². The minimum Gasteiger partial charge on any atom is -0.359 e. The molecule has 0 aliphatic carbocycles. The molecule has 2 aromatic rings. The highest BCUT2D eigenvalue weighted by atomic mass is 127. The first-order chi connectivity index (χ1) is 8.85. The zero-order valence-corrected chi connectivity index (χ0v) is 13.7. The first kappa shape index (κ1) is 15.8. The van der Waals surface area contributed by atoms with E-state index in [1.54, 1.807) is 7.05 Å². The average Bonchev–Trinajstić information content (AvgIpc) is 2.82. The van der Waals surface area contributed by atoms with Gasteiger partial charge in [0.15, 0.2) is 5.96 Å². The molecule has 19 heavy (non-hydrogen) atoms. The molecule has 0 radical (unpaired) electrons. The van der Waals surface area contributed by atoms with Crippen molar-refractivity contribution in [1.29, 1.82) is 0 Å². The molecule has 0 aliphatic rings. The number of aliphatic imine (C=N–C) groups is 1. The van der Waals surface area contributed by atoms with Gasteiger partial charge in [-0.05, 0) is 23.9 Å². The van der Waals surface area contributed by atoms with E-state index in [0.29, 0.717) is 0 Å². The van der Waals surface area contributed by atoms with Gasteiger partial charge in [-0.15, -0.1) is 24.0 Å². The number of halogens is 1. The van der Waals surface area contributed by atoms with Crippen molar-refractivity contribution in [1.82, 2.24) is 15.2 Å². The maximum atomic E-state index is 4.08. The highest BCUT2D eigenvalue weighted by Gasteiger charge is 1.99. The molecule has 4 nitrogen and oxygen atoms in total. The summed E-state index contributed by atoms with van der Waals surface area (Å²) in [5.41, 5.74) is 1.30. The third-order valence-electron chi connectivity index (χ3n) is 3.01. The Morgan fingerprint density at radius 1 is 1.26 bits per heavy atom. The van der Waals surface area contributed by atoms with E-state index in [2.05, 4.69) is 56.7 Å². The van der Waals surface area contributed by atoms with E-state index in [1.807, 2.05) is 7.05 Å². The van der Waals surface area contributed by atoms with Crippen molar-refractivity contribution in [3.63, 3.8) is 0 Å². The number of para-hydroxylation sites is 1. The predicted molar refractivity (Wildman–Crippen MR) is 92.4 cm³/mol. The molecule has 0 amide bonds. The quantitative estimate of drug-likeness (QED) is 0.375. The van der Waals surface area contributed by atoms with Crippen LogP contribution >= 0.6 is 24.0 Å². The van der Waals surface area contributed by atoms with Crippen LogP contribution in [-0.4, -0.2) is 31.2 Å². The highest BCUT2D eigenvalue weighted by Crippen LogP contribution is 2.14. The van der Waals surface area contributed by atoms with Gasteiger partial charge in [-0.1, -0.05) is 18.2 Å². The number of aryl methyl sites for hydroxylation is 1. The lowest BCUT2D eigenvalue weighted by Gasteiger charge is -2.09. The fourth-order valence-corrected chi connectivity index (χ4v) is 2.07. The molecule has 0 spiro atoms. The lowest BCUT2D eigenvalue weighted by Crippen LogP contribution is -2.35. The molecule has 0 bridgehead atoms. The molecule has 5 heteroatoms. The number of nitrogens with zero attached hydrogens (tertiary/aromatic N) is 2. The summed E-state index contributed by atoms with van der Waals surface area (Å²) in [5, 5.41) is 7.56. The normalized spacial score (nSPS) is 11.2. The Labute approximate surface area is 131 Å². The van der Waals surface area contributed by atoms with Gasteiger partial charge in [-0.25, -0.2) is 0 Å². The summed E-state index contributed by atoms with van der Waals surface area (Å²) in [6.45, 7) is 1.93. The van der Waals surface area contributed by atoms with Gasteiger partial charge in [0.2, 0.25) is 0 Å². The number of fused-ring (bicyclic) bond motifs is 1. The Morgan fingerprint density at radius 2 is 2.05 bits per heavy atom. The van der Waals surface area contributed by atoms with Gasteiger partial charge >= 0.3 is 0 Å². The lowest BCUT2D eigenvalue weighted by atomic mass is 10.2. The lowest BCUT2D eigenvalue weighted by molar-refractivity contribution is 0.644. The first-order valence-corrected chi connectivity index (χ1v) is 6.27. The Kier molecular flexibility index (Phi) is 6.69. The van der Waals surface area contributed by atoms with Crippen LogP contribution in [-0.2, 0) is 6.54 Å². The standard InChI is InChI=1S/C14H20N4.HI/c1-15-14(16-2)17-9-5-10-18-11-8-12-6-3-4-7-13(12)18;/h3-4,6-8,11H,5,9-10H2,1-2H3,(H2,15,16,17);1H. The fourth-order valence-electron chi connectivity index (χ4n) is 2.07. The van der Waals surface area contributed by atoms with E-state index in [4.69, 9.17) is 0 Å². The average molecular weight is 372 g/mol. The number of nitrogens with one attached hydrogen (secondary N) is 2. The van der Waals surface area contributed by atoms with Crippen LogP contribution in [0.2, 0.25) is 0 Å². The number of hydrogen-bond donors (Lipinski definition) is 2. The van der Waals surface area contributed by atoms with Crippen molar-refractivity contribution in [2.24, 2.45) is 4.99 Å². The summed E-state index contributed by atoms with van der Waals surface area (Å²) in [6, 6.07) is 10.6. The molecule has 0 atom stereocenters. The predicted octanol–water partition coefficient (Wildman–Crippen LogP) is 2.44. The summed E-state index contributed by atoms with van der Waals surface area (Å²) < 4.78 is 2.29. The Morgan fingerprint density at radius 3 is 2.79 bits per heavy atom. The monoisotopic (exact) mass is 372 g/mol. The summed E-state index contributed by atoms with van der Waals surface area (Å²) in [4.78, 5) is 4.08. The summed E-state index contributed by atoms with van der Waals surface area (Å²) in [5.74, 6) is 0.840. The molecule has 0 saturated heterocycles. The Balaban J connectivity index is 0.00000180. The highest BCUT2D eigenvalue weighted by molar-refractivity contribution is 14.0. The van der Waals surface area contributed by atoms with Gasteiger partial charge in [0, 0.05) is 38.9 Å². The van der Waals surface area contributed by atoms with Crippen molar-refractivity contribution in [3.8, 4) is 0 Å². The van der Waals surface area contributed by atoms with E-state index >= 15 is 0 Å². The van der Waals surface area contributed by atoms with Crippen molar-refractivity contribution in [2.75, 3.05) is 20.6 Å². The number of guanidine groups is 1. The topological polar surface area (TPSA) is 41.4 Å². The molecule has 1 heterocycles. The number of rotatable bonds is 4. The van der Waals surface area contributed by atoms with E-state index < -0.39 is 0 Å². The Hall–Kier alpha value is -1.24. The van der Waals surface area contributed by atoms with Crippen LogP contribution in [0.25, 0.3) is 10.9 Å². The van der Waals surface area contributed by atoms with Crippen LogP contribution in [0.5, 0.6) is 0 Å². The molecule has 104 valence electrons. The minimum absolute atomic E-state index is 0.